The van der Waals surface area contributed by atoms with Gasteiger partial charge >= 0.3 is 0 Å². The van der Waals surface area contributed by atoms with E-state index >= 15 is 0 Å². The van der Waals surface area contributed by atoms with Crippen molar-refractivity contribution in [3.05, 3.63) is 117 Å². The van der Waals surface area contributed by atoms with Crippen LogP contribution in [0.2, 0.25) is 0 Å². The second kappa shape index (κ2) is 20.1. The monoisotopic (exact) mass is 896 g/mol. The van der Waals surface area contributed by atoms with Gasteiger partial charge in [0, 0.05) is 70.1 Å². The van der Waals surface area contributed by atoms with E-state index in [2.05, 4.69) is 31.7 Å². The van der Waals surface area contributed by atoms with Gasteiger partial charge in [0.05, 0.1) is 23.6 Å². The number of phenolic OH excluding ortho intramolecular Hbond substituents is 6. The van der Waals surface area contributed by atoms with Crippen LogP contribution in [0, 0.1) is 13.8 Å². The molecule has 0 saturated heterocycles. The van der Waals surface area contributed by atoms with Crippen LogP contribution >= 0.6 is 0 Å². The van der Waals surface area contributed by atoms with E-state index < -0.39 is 46.3 Å². The maximum absolute atomic E-state index is 12.7. The van der Waals surface area contributed by atoms with E-state index in [1.54, 1.807) is 114 Å². The Morgan fingerprint density at radius 3 is 1.21 bits per heavy atom. The molecule has 6 aromatic rings. The molecule has 0 fully saturated rings. The van der Waals surface area contributed by atoms with Gasteiger partial charge in [-0.2, -0.15) is 10.2 Å². The van der Waals surface area contributed by atoms with Crippen molar-refractivity contribution in [1.82, 2.24) is 21.5 Å². The number of benzene rings is 6. The Morgan fingerprint density at radius 2 is 0.879 bits per heavy atom. The first-order valence-electron chi connectivity index (χ1n) is 21.2. The summed E-state index contributed by atoms with van der Waals surface area (Å²) < 4.78 is 0. The van der Waals surface area contributed by atoms with Crippen LogP contribution in [-0.2, 0) is 9.59 Å². The topological polar surface area (TPSA) is 262 Å². The molecule has 66 heavy (non-hydrogen) atoms. The minimum atomic E-state index is -0.634. The number of carbonyl (C=O) groups excluding carboxylic acids is 4. The fraction of sp³-hybridized carbons (Fsp3) is 0.240. The van der Waals surface area contributed by atoms with Crippen molar-refractivity contribution in [3.63, 3.8) is 0 Å². The minimum Gasteiger partial charge on any atom is -0.507 e. The highest BCUT2D eigenvalue weighted by Crippen LogP contribution is 2.54. The predicted octanol–water partition coefficient (Wildman–Crippen LogP) is 7.30. The molecule has 10 N–H and O–H groups in total. The average molecular weight is 897 g/mol. The van der Waals surface area contributed by atoms with Crippen molar-refractivity contribution in [2.45, 2.75) is 66.2 Å². The van der Waals surface area contributed by atoms with Crippen LogP contribution in [0.25, 0.3) is 32.7 Å². The number of hydrazone groups is 2. The van der Waals surface area contributed by atoms with E-state index in [-0.39, 0.29) is 82.6 Å². The summed E-state index contributed by atoms with van der Waals surface area (Å²) >= 11 is 0. The lowest BCUT2D eigenvalue weighted by atomic mass is 9.83. The Kier molecular flexibility index (Phi) is 14.4. The van der Waals surface area contributed by atoms with Crippen LogP contribution in [0.15, 0.2) is 83.0 Å². The van der Waals surface area contributed by atoms with E-state index in [1.165, 1.54) is 0 Å². The van der Waals surface area contributed by atoms with Gasteiger partial charge in [0.2, 0.25) is 11.8 Å². The van der Waals surface area contributed by atoms with Crippen molar-refractivity contribution in [1.29, 1.82) is 0 Å². The van der Waals surface area contributed by atoms with Crippen molar-refractivity contribution in [2.75, 3.05) is 13.1 Å². The number of aromatic hydroxyl groups is 6. The Hall–Kier alpha value is -8.14. The zero-order valence-electron chi connectivity index (χ0n) is 37.3. The van der Waals surface area contributed by atoms with Crippen LogP contribution < -0.4 is 21.5 Å². The molecule has 16 heteroatoms. The highest BCUT2D eigenvalue weighted by atomic mass is 16.3. The third-order valence-corrected chi connectivity index (χ3v) is 11.1. The zero-order valence-corrected chi connectivity index (χ0v) is 37.3. The number of aryl methyl sites for hydroxylation is 2. The van der Waals surface area contributed by atoms with Gasteiger partial charge in [0.25, 0.3) is 11.8 Å². The van der Waals surface area contributed by atoms with Gasteiger partial charge in [-0.1, -0.05) is 76.2 Å². The van der Waals surface area contributed by atoms with E-state index in [0.717, 1.165) is 12.4 Å². The summed E-state index contributed by atoms with van der Waals surface area (Å²) in [5, 5.41) is 84.3. The molecule has 342 valence electrons. The smallest absolute Gasteiger partial charge is 0.251 e. The Balaban J connectivity index is 1.39. The quantitative estimate of drug-likeness (QED) is 0.0279. The second-order valence-corrected chi connectivity index (χ2v) is 16.4. The minimum absolute atomic E-state index is 0.000118. The van der Waals surface area contributed by atoms with Crippen LogP contribution in [0.1, 0.15) is 106 Å². The van der Waals surface area contributed by atoms with E-state index in [1.807, 2.05) is 0 Å². The molecule has 0 unspecified atom stereocenters. The molecule has 16 nitrogen and oxygen atoms in total. The molecule has 0 atom stereocenters. The zero-order chi connectivity index (χ0) is 48.0. The van der Waals surface area contributed by atoms with E-state index in [4.69, 9.17) is 0 Å². The lowest BCUT2D eigenvalue weighted by molar-refractivity contribution is -0.121. The van der Waals surface area contributed by atoms with E-state index in [9.17, 15) is 49.8 Å². The molecule has 0 radical (unpaired) electrons. The van der Waals surface area contributed by atoms with Crippen molar-refractivity contribution in [3.8, 4) is 45.6 Å². The summed E-state index contributed by atoms with van der Waals surface area (Å²) in [4.78, 5) is 50.3. The number of amides is 4. The number of carbonyl (C=O) groups is 4. The molecular formula is C50H52N6O10. The normalized spacial score (nSPS) is 11.6. The molecular weight excluding hydrogens is 845 g/mol. The number of rotatable bonds is 15. The van der Waals surface area contributed by atoms with Gasteiger partial charge in [0.15, 0.2) is 23.0 Å². The second-order valence-electron chi connectivity index (χ2n) is 16.4. The Morgan fingerprint density at radius 1 is 0.530 bits per heavy atom. The molecule has 4 amide bonds. The molecule has 0 aliphatic rings. The molecule has 0 heterocycles. The number of nitrogens with one attached hydrogen (secondary N) is 4. The number of nitrogens with zero attached hydrogens (tertiary/aromatic N) is 2. The molecule has 6 aromatic carbocycles. The van der Waals surface area contributed by atoms with Gasteiger partial charge in [-0.15, -0.1) is 0 Å². The Bertz CT molecular complexity index is 2730. The molecule has 0 bridgehead atoms. The highest BCUT2D eigenvalue weighted by molar-refractivity contribution is 6.15. The summed E-state index contributed by atoms with van der Waals surface area (Å²) in [6, 6.07) is 20.3. The van der Waals surface area contributed by atoms with E-state index in [0.29, 0.717) is 44.2 Å². The lowest BCUT2D eigenvalue weighted by Crippen LogP contribution is -2.29. The molecule has 0 aliphatic carbocycles. The number of phenols is 6. The summed E-state index contributed by atoms with van der Waals surface area (Å²) in [6.07, 6.45) is 1.86. The third-order valence-electron chi connectivity index (χ3n) is 11.1. The molecule has 0 aliphatic heterocycles. The average Bonchev–Trinajstić information content (AvgIpc) is 3.27. The first kappa shape index (κ1) is 47.3. The SMILES string of the molecule is Cc1cc2c(C(C)C)c(O)c(O)c(C=NNC(=O)CCNC(=O)c3ccccc3)c2c(O)c1-c1c(C)cc2c(C(C)C)c(O)c(O)c(C=NNC(=O)CCNC(=O)c3ccccc3)c2c1O. The Labute approximate surface area is 380 Å². The standard InChI is InChI=1S/C50H52N6O10/c1-25(2)37-31-21-27(5)39(45(61)41(31)33(43(59)47(37)63)23-53-55-35(57)17-19-51-49(65)29-13-9-7-10-14-29)40-28(6)22-32-38(26(3)4)48(64)44(60)34(42(32)46(40)62)24-54-56-36(58)18-20-52-50(66)30-15-11-8-12-16-30/h7-16,21-26,59-64H,17-20H2,1-6H3,(H,51,65)(H,52,66)(H,55,57)(H,56,58). The van der Waals surface area contributed by atoms with Crippen molar-refractivity contribution < 1.29 is 49.8 Å². The van der Waals surface area contributed by atoms with Crippen molar-refractivity contribution >= 4 is 57.6 Å². The van der Waals surface area contributed by atoms with Crippen LogP contribution in [0.3, 0.4) is 0 Å². The number of hydrogen-bond donors (Lipinski definition) is 10. The van der Waals surface area contributed by atoms with Crippen LogP contribution in [-0.4, -0.2) is 79.8 Å². The first-order valence-corrected chi connectivity index (χ1v) is 21.2. The third kappa shape index (κ3) is 9.67. The van der Waals surface area contributed by atoms with Crippen molar-refractivity contribution in [2.24, 2.45) is 10.2 Å². The molecule has 6 rings (SSSR count). The van der Waals surface area contributed by atoms with Crippen LogP contribution in [0.5, 0.6) is 34.5 Å². The van der Waals surface area contributed by atoms with Gasteiger partial charge in [-0.25, -0.2) is 10.9 Å². The fourth-order valence-corrected chi connectivity index (χ4v) is 8.04. The van der Waals surface area contributed by atoms with Gasteiger partial charge < -0.3 is 41.3 Å². The molecule has 0 spiro atoms. The summed E-state index contributed by atoms with van der Waals surface area (Å²) in [7, 11) is 0. The largest absolute Gasteiger partial charge is 0.507 e. The number of fused-ring (bicyclic) bond motifs is 2. The van der Waals surface area contributed by atoms with Gasteiger partial charge in [-0.05, 0) is 71.8 Å². The fourth-order valence-electron chi connectivity index (χ4n) is 8.04. The van der Waals surface area contributed by atoms with Gasteiger partial charge in [0.1, 0.15) is 11.5 Å². The summed E-state index contributed by atoms with van der Waals surface area (Å²) in [6.45, 7) is 10.5. The van der Waals surface area contributed by atoms with Crippen LogP contribution in [0.4, 0.5) is 0 Å². The summed E-state index contributed by atoms with van der Waals surface area (Å²) in [5.74, 6) is -5.65. The summed E-state index contributed by atoms with van der Waals surface area (Å²) in [5.41, 5.74) is 6.95. The predicted molar refractivity (Wildman–Crippen MR) is 253 cm³/mol. The molecule has 0 aromatic heterocycles. The first-order chi connectivity index (χ1) is 31.4. The molecule has 0 saturated carbocycles. The maximum Gasteiger partial charge on any atom is 0.251 e. The number of hydrogen-bond acceptors (Lipinski definition) is 12. The van der Waals surface area contributed by atoms with Gasteiger partial charge in [-0.3, -0.25) is 19.2 Å². The maximum atomic E-state index is 12.7. The highest BCUT2D eigenvalue weighted by Gasteiger charge is 2.30. The lowest BCUT2D eigenvalue weighted by Gasteiger charge is -2.23.